The summed E-state index contributed by atoms with van der Waals surface area (Å²) in [5.41, 5.74) is -2.58. The van der Waals surface area contributed by atoms with E-state index in [4.69, 9.17) is 14.2 Å². The molecule has 0 aromatic rings. The van der Waals surface area contributed by atoms with Crippen LogP contribution >= 0.6 is 0 Å². The van der Waals surface area contributed by atoms with Gasteiger partial charge in [-0.2, -0.15) is 13.2 Å². The van der Waals surface area contributed by atoms with Gasteiger partial charge in [0.1, 0.15) is 5.60 Å². The number of carbonyl (C=O) groups is 1. The lowest BCUT2D eigenvalue weighted by Gasteiger charge is -2.47. The highest BCUT2D eigenvalue weighted by Crippen LogP contribution is 2.72. The predicted octanol–water partition coefficient (Wildman–Crippen LogP) is 7.30. The van der Waals surface area contributed by atoms with Gasteiger partial charge in [-0.3, -0.25) is 4.79 Å². The number of esters is 1. The van der Waals surface area contributed by atoms with Gasteiger partial charge in [-0.05, 0) is 107 Å². The molecule has 0 aromatic heterocycles. The molecule has 4 aliphatic carbocycles. The van der Waals surface area contributed by atoms with Gasteiger partial charge < -0.3 is 14.2 Å². The molecule has 35 heavy (non-hydrogen) atoms. The van der Waals surface area contributed by atoms with E-state index in [1.54, 1.807) is 0 Å². The minimum Gasteiger partial charge on any atom is -0.460 e. The predicted molar refractivity (Wildman–Crippen MR) is 127 cm³/mol. The van der Waals surface area contributed by atoms with Crippen molar-refractivity contribution in [3.05, 3.63) is 0 Å². The molecular weight excluding hydrogens is 457 g/mol. The van der Waals surface area contributed by atoms with Gasteiger partial charge in [0.15, 0.2) is 11.9 Å². The van der Waals surface area contributed by atoms with Crippen LogP contribution in [-0.2, 0) is 19.0 Å². The number of halogens is 3. The van der Waals surface area contributed by atoms with Gasteiger partial charge in [0.25, 0.3) is 0 Å². The zero-order chi connectivity index (χ0) is 26.0. The van der Waals surface area contributed by atoms with Crippen molar-refractivity contribution in [2.75, 3.05) is 0 Å². The van der Waals surface area contributed by atoms with Crippen LogP contribution < -0.4 is 0 Å². The number of hydrogen-bond acceptors (Lipinski definition) is 4. The molecule has 7 unspecified atom stereocenters. The average molecular weight is 503 g/mol. The van der Waals surface area contributed by atoms with Gasteiger partial charge in [-0.25, -0.2) is 0 Å². The Morgan fingerprint density at radius 2 is 1.57 bits per heavy atom. The molecule has 4 rings (SSSR count). The van der Waals surface area contributed by atoms with Crippen LogP contribution in [0.25, 0.3) is 0 Å². The van der Waals surface area contributed by atoms with Crippen molar-refractivity contribution >= 4 is 5.97 Å². The maximum atomic E-state index is 14.6. The van der Waals surface area contributed by atoms with Crippen LogP contribution in [0.4, 0.5) is 13.2 Å². The van der Waals surface area contributed by atoms with Crippen molar-refractivity contribution in [1.82, 2.24) is 0 Å². The number of fused-ring (bicyclic) bond motifs is 1. The molecule has 202 valence electrons. The van der Waals surface area contributed by atoms with E-state index in [2.05, 4.69) is 6.92 Å². The number of ether oxygens (including phenoxy) is 3. The van der Waals surface area contributed by atoms with Gasteiger partial charge in [-0.1, -0.05) is 20.8 Å². The molecule has 0 amide bonds. The van der Waals surface area contributed by atoms with Crippen molar-refractivity contribution < 1.29 is 32.2 Å². The Bertz CT molecular complexity index is 788. The molecule has 4 nitrogen and oxygen atoms in total. The minimum atomic E-state index is -4.51. The fraction of sp³-hybridized carbons (Fsp3) is 0.964. The van der Waals surface area contributed by atoms with Crippen LogP contribution in [0, 0.1) is 40.9 Å². The monoisotopic (exact) mass is 502 g/mol. The fourth-order valence-corrected chi connectivity index (χ4v) is 7.99. The summed E-state index contributed by atoms with van der Waals surface area (Å²) < 4.78 is 61.9. The maximum absolute atomic E-state index is 14.6. The van der Waals surface area contributed by atoms with Crippen LogP contribution in [0.3, 0.4) is 0 Å². The van der Waals surface area contributed by atoms with Gasteiger partial charge in [0.05, 0.1) is 6.10 Å². The third kappa shape index (κ3) is 5.15. The van der Waals surface area contributed by atoms with Crippen LogP contribution in [0.1, 0.15) is 99.8 Å². The number of carbonyl (C=O) groups excluding carboxylic acids is 1. The van der Waals surface area contributed by atoms with Crippen molar-refractivity contribution in [3.63, 3.8) is 0 Å². The Kier molecular flexibility index (Phi) is 7.14. The SMILES string of the molecule is CC(=O)OC(C)(C)C1CCC(C(C)(OC(OC2C3CC(C)CC4(C3)CC24)C(C)C)C(F)(F)F)CC1. The van der Waals surface area contributed by atoms with Crippen molar-refractivity contribution in [1.29, 1.82) is 0 Å². The molecule has 0 aliphatic heterocycles. The lowest BCUT2D eigenvalue weighted by Crippen LogP contribution is -2.55. The molecule has 0 N–H and O–H groups in total. The summed E-state index contributed by atoms with van der Waals surface area (Å²) in [6, 6.07) is 0. The van der Waals surface area contributed by atoms with Gasteiger partial charge in [0.2, 0.25) is 0 Å². The molecule has 1 spiro atoms. The van der Waals surface area contributed by atoms with E-state index in [1.165, 1.54) is 20.3 Å². The van der Waals surface area contributed by atoms with E-state index in [9.17, 15) is 18.0 Å². The molecule has 7 atom stereocenters. The molecule has 4 saturated carbocycles. The second-order valence-corrected chi connectivity index (χ2v) is 13.4. The van der Waals surface area contributed by atoms with Crippen molar-refractivity contribution in [2.45, 2.75) is 130 Å². The van der Waals surface area contributed by atoms with Gasteiger partial charge in [0, 0.05) is 12.8 Å². The number of hydrogen-bond donors (Lipinski definition) is 0. The summed E-state index contributed by atoms with van der Waals surface area (Å²) in [7, 11) is 0. The summed E-state index contributed by atoms with van der Waals surface area (Å²) >= 11 is 0. The van der Waals surface area contributed by atoms with Crippen molar-refractivity contribution in [3.8, 4) is 0 Å². The Labute approximate surface area is 209 Å². The molecule has 0 heterocycles. The highest BCUT2D eigenvalue weighted by molar-refractivity contribution is 5.66. The Balaban J connectivity index is 1.46. The Morgan fingerprint density at radius 1 is 0.971 bits per heavy atom. The van der Waals surface area contributed by atoms with E-state index in [0.717, 1.165) is 19.3 Å². The third-order valence-corrected chi connectivity index (χ3v) is 9.90. The normalized spacial score (nSPS) is 39.6. The quantitative estimate of drug-likeness (QED) is 0.258. The zero-order valence-electron chi connectivity index (χ0n) is 22.5. The van der Waals surface area contributed by atoms with Gasteiger partial charge in [-0.15, -0.1) is 0 Å². The molecule has 4 fully saturated rings. The molecule has 0 saturated heterocycles. The minimum absolute atomic E-state index is 0.0186. The lowest BCUT2D eigenvalue weighted by atomic mass is 9.69. The van der Waals surface area contributed by atoms with Crippen LogP contribution in [0.15, 0.2) is 0 Å². The topological polar surface area (TPSA) is 44.8 Å². The van der Waals surface area contributed by atoms with Crippen LogP contribution in [0.2, 0.25) is 0 Å². The van der Waals surface area contributed by atoms with Crippen LogP contribution in [-0.4, -0.2) is 35.7 Å². The number of alkyl halides is 3. The summed E-state index contributed by atoms with van der Waals surface area (Å²) in [6.45, 7) is 12.4. The summed E-state index contributed by atoms with van der Waals surface area (Å²) in [5, 5.41) is 0. The molecule has 4 aliphatic rings. The number of rotatable bonds is 8. The Morgan fingerprint density at radius 3 is 2.11 bits per heavy atom. The second kappa shape index (κ2) is 9.18. The van der Waals surface area contributed by atoms with Gasteiger partial charge >= 0.3 is 12.1 Å². The van der Waals surface area contributed by atoms with E-state index in [-0.39, 0.29) is 23.9 Å². The lowest BCUT2D eigenvalue weighted by molar-refractivity contribution is -0.351. The smallest absolute Gasteiger partial charge is 0.417 e. The first-order chi connectivity index (χ1) is 16.1. The molecular formula is C28H45F3O4. The largest absolute Gasteiger partial charge is 0.460 e. The molecule has 7 heteroatoms. The van der Waals surface area contributed by atoms with E-state index in [1.807, 2.05) is 27.7 Å². The second-order valence-electron chi connectivity index (χ2n) is 13.4. The van der Waals surface area contributed by atoms with Crippen LogP contribution in [0.5, 0.6) is 0 Å². The van der Waals surface area contributed by atoms with E-state index < -0.39 is 29.6 Å². The zero-order valence-corrected chi connectivity index (χ0v) is 22.5. The van der Waals surface area contributed by atoms with Crippen molar-refractivity contribution in [2.24, 2.45) is 40.9 Å². The highest BCUT2D eigenvalue weighted by Gasteiger charge is 2.68. The van der Waals surface area contributed by atoms with E-state index in [0.29, 0.717) is 48.9 Å². The maximum Gasteiger partial charge on any atom is 0.417 e. The molecule has 2 bridgehead atoms. The third-order valence-electron chi connectivity index (χ3n) is 9.90. The first kappa shape index (κ1) is 27.2. The van der Waals surface area contributed by atoms with E-state index >= 15 is 0 Å². The standard InChI is InChI=1S/C28H45F3O4/c1-16(2)24(33-23-19-12-17(3)13-27(14-19)15-22(23)27)35-26(7,28(29,30)31)21-10-8-20(9-11-21)25(5,6)34-18(4)32/h16-17,19-24H,8-15H2,1-7H3. The first-order valence-corrected chi connectivity index (χ1v) is 13.7. The fourth-order valence-electron chi connectivity index (χ4n) is 7.99. The molecule has 0 radical (unpaired) electrons. The highest BCUT2D eigenvalue weighted by atomic mass is 19.4. The average Bonchev–Trinajstić information content (AvgIpc) is 3.33. The first-order valence-electron chi connectivity index (χ1n) is 13.7. The summed E-state index contributed by atoms with van der Waals surface area (Å²) in [6.07, 6.45) is 1.18. The Hall–Kier alpha value is -0.820. The molecule has 0 aromatic carbocycles. The summed E-state index contributed by atoms with van der Waals surface area (Å²) in [4.78, 5) is 11.5. The summed E-state index contributed by atoms with van der Waals surface area (Å²) in [5.74, 6) is 0.425.